The lowest BCUT2D eigenvalue weighted by Gasteiger charge is -1.97. The van der Waals surface area contributed by atoms with Crippen molar-refractivity contribution in [1.29, 1.82) is 5.26 Å². The van der Waals surface area contributed by atoms with Gasteiger partial charge >= 0.3 is 0 Å². The van der Waals surface area contributed by atoms with Gasteiger partial charge in [0.15, 0.2) is 0 Å². The van der Waals surface area contributed by atoms with E-state index in [1.165, 1.54) is 0 Å². The normalized spacial score (nSPS) is 10.2. The first kappa shape index (κ1) is 7.77. The average Bonchev–Trinajstić information content (AvgIpc) is 2.59. The van der Waals surface area contributed by atoms with Gasteiger partial charge in [0, 0.05) is 12.7 Å². The van der Waals surface area contributed by atoms with Gasteiger partial charge in [0.05, 0.1) is 17.5 Å². The van der Waals surface area contributed by atoms with Crippen LogP contribution in [0.25, 0.3) is 5.65 Å². The van der Waals surface area contributed by atoms with E-state index in [1.807, 2.05) is 4.40 Å². The van der Waals surface area contributed by atoms with Gasteiger partial charge in [-0.25, -0.2) is 4.98 Å². The first-order chi connectivity index (χ1) is 6.35. The van der Waals surface area contributed by atoms with Gasteiger partial charge in [-0.3, -0.25) is 0 Å². The summed E-state index contributed by atoms with van der Waals surface area (Å²) in [5, 5.41) is 8.68. The van der Waals surface area contributed by atoms with E-state index in [4.69, 9.17) is 11.0 Å². The summed E-state index contributed by atoms with van der Waals surface area (Å²) in [6.45, 7) is 0.427. The van der Waals surface area contributed by atoms with Crippen LogP contribution in [-0.2, 0) is 6.54 Å². The maximum Gasteiger partial charge on any atom is 0.137 e. The third-order valence-electron chi connectivity index (χ3n) is 1.92. The molecule has 2 aromatic heterocycles. The number of rotatable bonds is 1. The minimum atomic E-state index is 0.427. The largest absolute Gasteiger partial charge is 0.325 e. The predicted octanol–water partition coefficient (Wildman–Crippen LogP) is 0.665. The molecule has 2 aromatic rings. The molecule has 0 fully saturated rings. The second-order valence-electron chi connectivity index (χ2n) is 2.71. The SMILES string of the molecule is N#Cc1ccc2ncc(CN)n2c1. The molecule has 4 nitrogen and oxygen atoms in total. The molecule has 0 aliphatic heterocycles. The molecule has 64 valence electrons. The molecule has 2 rings (SSSR count). The van der Waals surface area contributed by atoms with Crippen molar-refractivity contribution in [3.8, 4) is 6.07 Å². The molecule has 0 amide bonds. The number of aromatic nitrogens is 2. The number of fused-ring (bicyclic) bond motifs is 1. The van der Waals surface area contributed by atoms with Crippen LogP contribution in [0, 0.1) is 11.3 Å². The predicted molar refractivity (Wildman–Crippen MR) is 47.8 cm³/mol. The van der Waals surface area contributed by atoms with E-state index in [1.54, 1.807) is 24.5 Å². The number of hydrogen-bond donors (Lipinski definition) is 1. The van der Waals surface area contributed by atoms with Crippen LogP contribution < -0.4 is 5.73 Å². The van der Waals surface area contributed by atoms with E-state index in [0.29, 0.717) is 12.1 Å². The van der Waals surface area contributed by atoms with Crippen molar-refractivity contribution < 1.29 is 0 Å². The molecule has 2 heterocycles. The Morgan fingerprint density at radius 2 is 2.38 bits per heavy atom. The van der Waals surface area contributed by atoms with Crippen molar-refractivity contribution in [3.05, 3.63) is 35.8 Å². The molecule has 0 aliphatic carbocycles. The Morgan fingerprint density at radius 3 is 3.08 bits per heavy atom. The van der Waals surface area contributed by atoms with Crippen molar-refractivity contribution in [1.82, 2.24) is 9.38 Å². The minimum absolute atomic E-state index is 0.427. The van der Waals surface area contributed by atoms with Crippen LogP contribution in [-0.4, -0.2) is 9.38 Å². The fourth-order valence-electron chi connectivity index (χ4n) is 1.25. The molecular weight excluding hydrogens is 164 g/mol. The van der Waals surface area contributed by atoms with Crippen LogP contribution >= 0.6 is 0 Å². The molecular formula is C9H8N4. The van der Waals surface area contributed by atoms with Crippen LogP contribution in [0.3, 0.4) is 0 Å². The molecule has 0 aliphatic rings. The lowest BCUT2D eigenvalue weighted by Crippen LogP contribution is -2.00. The average molecular weight is 172 g/mol. The minimum Gasteiger partial charge on any atom is -0.325 e. The maximum absolute atomic E-state index is 8.68. The van der Waals surface area contributed by atoms with E-state index in [0.717, 1.165) is 11.3 Å². The monoisotopic (exact) mass is 172 g/mol. The molecule has 2 N–H and O–H groups in total. The van der Waals surface area contributed by atoms with E-state index in [-0.39, 0.29) is 0 Å². The van der Waals surface area contributed by atoms with Gasteiger partial charge in [-0.15, -0.1) is 0 Å². The van der Waals surface area contributed by atoms with Crippen molar-refractivity contribution in [2.24, 2.45) is 5.73 Å². The van der Waals surface area contributed by atoms with Crippen molar-refractivity contribution >= 4 is 5.65 Å². The van der Waals surface area contributed by atoms with E-state index in [9.17, 15) is 0 Å². The number of nitrogens with zero attached hydrogens (tertiary/aromatic N) is 3. The highest BCUT2D eigenvalue weighted by molar-refractivity contribution is 5.44. The summed E-state index contributed by atoms with van der Waals surface area (Å²) in [5.41, 5.74) is 7.85. The molecule has 13 heavy (non-hydrogen) atoms. The van der Waals surface area contributed by atoms with Gasteiger partial charge in [-0.2, -0.15) is 5.26 Å². The fourth-order valence-corrected chi connectivity index (χ4v) is 1.25. The number of pyridine rings is 1. The topological polar surface area (TPSA) is 67.1 Å². The Bertz CT molecular complexity index is 478. The zero-order valence-corrected chi connectivity index (χ0v) is 6.94. The zero-order chi connectivity index (χ0) is 9.26. The lowest BCUT2D eigenvalue weighted by molar-refractivity contribution is 0.957. The van der Waals surface area contributed by atoms with Gasteiger partial charge in [0.25, 0.3) is 0 Å². The van der Waals surface area contributed by atoms with Crippen LogP contribution in [0.1, 0.15) is 11.3 Å². The molecule has 0 saturated heterocycles. The summed E-state index contributed by atoms with van der Waals surface area (Å²) < 4.78 is 1.83. The van der Waals surface area contributed by atoms with Gasteiger partial charge in [0.1, 0.15) is 11.7 Å². The van der Waals surface area contributed by atoms with Crippen molar-refractivity contribution in [3.63, 3.8) is 0 Å². The summed E-state index contributed by atoms with van der Waals surface area (Å²) in [6, 6.07) is 5.61. The first-order valence-corrected chi connectivity index (χ1v) is 3.91. The molecule has 4 heteroatoms. The number of imidazole rings is 1. The van der Waals surface area contributed by atoms with Crippen LogP contribution in [0.2, 0.25) is 0 Å². The summed E-state index contributed by atoms with van der Waals surface area (Å²) >= 11 is 0. The number of hydrogen-bond acceptors (Lipinski definition) is 3. The van der Waals surface area contributed by atoms with Crippen LogP contribution in [0.15, 0.2) is 24.5 Å². The van der Waals surface area contributed by atoms with Gasteiger partial charge in [-0.05, 0) is 12.1 Å². The molecule has 0 atom stereocenters. The Hall–Kier alpha value is -1.86. The fraction of sp³-hybridized carbons (Fsp3) is 0.111. The molecule has 0 spiro atoms. The Morgan fingerprint density at radius 1 is 1.54 bits per heavy atom. The highest BCUT2D eigenvalue weighted by Crippen LogP contribution is 2.07. The smallest absolute Gasteiger partial charge is 0.137 e. The number of nitriles is 1. The van der Waals surface area contributed by atoms with Gasteiger partial charge < -0.3 is 10.1 Å². The second-order valence-corrected chi connectivity index (χ2v) is 2.71. The molecule has 0 bridgehead atoms. The lowest BCUT2D eigenvalue weighted by atomic mass is 10.3. The Kier molecular flexibility index (Phi) is 1.72. The molecule has 0 aromatic carbocycles. The zero-order valence-electron chi connectivity index (χ0n) is 6.94. The van der Waals surface area contributed by atoms with Gasteiger partial charge in [0.2, 0.25) is 0 Å². The number of nitrogens with two attached hydrogens (primary N) is 1. The highest BCUT2D eigenvalue weighted by atomic mass is 15.0. The Balaban J connectivity index is 2.73. The standard InChI is InChI=1S/C9H8N4/c10-3-7-1-2-9-12-5-8(4-11)13(9)6-7/h1-2,5-6H,4,11H2. The van der Waals surface area contributed by atoms with E-state index >= 15 is 0 Å². The second kappa shape index (κ2) is 2.88. The van der Waals surface area contributed by atoms with Crippen LogP contribution in [0.4, 0.5) is 0 Å². The third kappa shape index (κ3) is 1.15. The molecule has 0 saturated carbocycles. The summed E-state index contributed by atoms with van der Waals surface area (Å²) in [6.07, 6.45) is 3.46. The highest BCUT2D eigenvalue weighted by Gasteiger charge is 2.01. The summed E-state index contributed by atoms with van der Waals surface area (Å²) in [7, 11) is 0. The Labute approximate surface area is 75.2 Å². The van der Waals surface area contributed by atoms with Gasteiger partial charge in [-0.1, -0.05) is 0 Å². The quantitative estimate of drug-likeness (QED) is 0.687. The maximum atomic E-state index is 8.68. The third-order valence-corrected chi connectivity index (χ3v) is 1.92. The summed E-state index contributed by atoms with van der Waals surface area (Å²) in [4.78, 5) is 4.14. The van der Waals surface area contributed by atoms with Crippen molar-refractivity contribution in [2.45, 2.75) is 6.54 Å². The molecule has 0 radical (unpaired) electrons. The first-order valence-electron chi connectivity index (χ1n) is 3.91. The van der Waals surface area contributed by atoms with E-state index in [2.05, 4.69) is 11.1 Å². The van der Waals surface area contributed by atoms with Crippen LogP contribution in [0.5, 0.6) is 0 Å². The summed E-state index contributed by atoms with van der Waals surface area (Å²) in [5.74, 6) is 0. The molecule has 0 unspecified atom stereocenters. The van der Waals surface area contributed by atoms with E-state index < -0.39 is 0 Å². The van der Waals surface area contributed by atoms with Crippen molar-refractivity contribution in [2.75, 3.05) is 0 Å².